The van der Waals surface area contributed by atoms with Gasteiger partial charge < -0.3 is 5.11 Å². The van der Waals surface area contributed by atoms with Crippen molar-refractivity contribution in [1.82, 2.24) is 4.90 Å². The molecule has 1 aliphatic carbocycles. The maximum Gasteiger partial charge on any atom is 0.0636 e. The average molecular weight is 199 g/mol. The highest BCUT2D eigenvalue weighted by atomic mass is 32.2. The lowest BCUT2D eigenvalue weighted by Gasteiger charge is -2.44. The minimum Gasteiger partial charge on any atom is -0.392 e. The molecular formula is C10H17NOS. The van der Waals surface area contributed by atoms with E-state index in [4.69, 9.17) is 0 Å². The Hall–Kier alpha value is 0.270. The Balaban J connectivity index is 1.72. The van der Waals surface area contributed by atoms with Crippen LogP contribution in [0, 0.1) is 11.8 Å². The number of aliphatic hydroxyl groups is 1. The third-order valence-corrected chi connectivity index (χ3v) is 4.96. The van der Waals surface area contributed by atoms with E-state index in [1.807, 2.05) is 11.8 Å². The van der Waals surface area contributed by atoms with Crippen molar-refractivity contribution in [3.05, 3.63) is 0 Å². The van der Waals surface area contributed by atoms with Crippen molar-refractivity contribution in [2.24, 2.45) is 11.8 Å². The molecule has 0 aromatic rings. The highest BCUT2D eigenvalue weighted by molar-refractivity contribution is 7.99. The van der Waals surface area contributed by atoms with Crippen molar-refractivity contribution in [2.45, 2.75) is 25.0 Å². The molecule has 0 spiro atoms. The van der Waals surface area contributed by atoms with Crippen molar-refractivity contribution in [1.29, 1.82) is 0 Å². The van der Waals surface area contributed by atoms with Gasteiger partial charge in [0, 0.05) is 31.0 Å². The molecule has 3 rings (SSSR count). The molecule has 0 aromatic carbocycles. The summed E-state index contributed by atoms with van der Waals surface area (Å²) in [6.07, 6.45) is 2.82. The Morgan fingerprint density at radius 3 is 2.23 bits per heavy atom. The second kappa shape index (κ2) is 3.14. The van der Waals surface area contributed by atoms with E-state index in [-0.39, 0.29) is 6.10 Å². The highest BCUT2D eigenvalue weighted by Crippen LogP contribution is 2.38. The fourth-order valence-electron chi connectivity index (χ4n) is 2.69. The maximum absolute atomic E-state index is 9.97. The van der Waals surface area contributed by atoms with Gasteiger partial charge in [-0.1, -0.05) is 0 Å². The second-order valence-electron chi connectivity index (χ2n) is 4.73. The molecule has 74 valence electrons. The number of hydrogen-bond donors (Lipinski definition) is 1. The molecule has 13 heavy (non-hydrogen) atoms. The summed E-state index contributed by atoms with van der Waals surface area (Å²) in [5.74, 6) is 3.50. The van der Waals surface area contributed by atoms with Crippen LogP contribution in [0.1, 0.15) is 12.8 Å². The van der Waals surface area contributed by atoms with Gasteiger partial charge in [-0.3, -0.25) is 4.90 Å². The van der Waals surface area contributed by atoms with E-state index >= 15 is 0 Å². The predicted octanol–water partition coefficient (Wildman–Crippen LogP) is 0.804. The van der Waals surface area contributed by atoms with Gasteiger partial charge in [-0.2, -0.15) is 11.8 Å². The first-order valence-electron chi connectivity index (χ1n) is 5.34. The van der Waals surface area contributed by atoms with Gasteiger partial charge in [-0.05, 0) is 24.3 Å². The molecule has 2 nitrogen and oxygen atoms in total. The topological polar surface area (TPSA) is 23.5 Å². The smallest absolute Gasteiger partial charge is 0.0636 e. The lowest BCUT2D eigenvalue weighted by molar-refractivity contribution is -0.0111. The lowest BCUT2D eigenvalue weighted by Crippen LogP contribution is -2.53. The van der Waals surface area contributed by atoms with E-state index in [0.717, 1.165) is 19.1 Å². The van der Waals surface area contributed by atoms with Gasteiger partial charge >= 0.3 is 0 Å². The summed E-state index contributed by atoms with van der Waals surface area (Å²) in [5.41, 5.74) is 0. The molecule has 3 heteroatoms. The molecule has 2 bridgehead atoms. The SMILES string of the molecule is OC1C2CSCC1CN(C1CC1)C2. The van der Waals surface area contributed by atoms with Crippen LogP contribution in [0.2, 0.25) is 0 Å². The van der Waals surface area contributed by atoms with Crippen LogP contribution in [0.3, 0.4) is 0 Å². The number of likely N-dealkylation sites (tertiary alicyclic amines) is 1. The van der Waals surface area contributed by atoms with Crippen molar-refractivity contribution < 1.29 is 5.11 Å². The Labute approximate surface area is 83.7 Å². The molecule has 2 atom stereocenters. The van der Waals surface area contributed by atoms with Gasteiger partial charge in [0.15, 0.2) is 0 Å². The van der Waals surface area contributed by atoms with Crippen LogP contribution >= 0.6 is 11.8 Å². The first-order valence-corrected chi connectivity index (χ1v) is 6.50. The zero-order valence-corrected chi connectivity index (χ0v) is 8.67. The average Bonchev–Trinajstić information content (AvgIpc) is 2.85. The van der Waals surface area contributed by atoms with Crippen molar-refractivity contribution in [3.8, 4) is 0 Å². The number of fused-ring (bicyclic) bond motifs is 2. The molecular weight excluding hydrogens is 182 g/mol. The van der Waals surface area contributed by atoms with Gasteiger partial charge in [0.2, 0.25) is 0 Å². The summed E-state index contributed by atoms with van der Waals surface area (Å²) in [4.78, 5) is 2.63. The number of aliphatic hydroxyl groups excluding tert-OH is 1. The van der Waals surface area contributed by atoms with Crippen LogP contribution in [0.4, 0.5) is 0 Å². The minimum atomic E-state index is 0.0104. The molecule has 1 N–H and O–H groups in total. The molecule has 2 saturated heterocycles. The Morgan fingerprint density at radius 1 is 1.08 bits per heavy atom. The van der Waals surface area contributed by atoms with E-state index in [0.29, 0.717) is 11.8 Å². The van der Waals surface area contributed by atoms with E-state index in [2.05, 4.69) is 4.90 Å². The maximum atomic E-state index is 9.97. The molecule has 0 radical (unpaired) electrons. The lowest BCUT2D eigenvalue weighted by atomic mass is 9.87. The third kappa shape index (κ3) is 1.51. The van der Waals surface area contributed by atoms with Gasteiger partial charge in [-0.15, -0.1) is 0 Å². The van der Waals surface area contributed by atoms with Crippen molar-refractivity contribution >= 4 is 11.8 Å². The Morgan fingerprint density at radius 2 is 1.69 bits per heavy atom. The summed E-state index contributed by atoms with van der Waals surface area (Å²) < 4.78 is 0. The number of nitrogens with zero attached hydrogens (tertiary/aromatic N) is 1. The summed E-state index contributed by atoms with van der Waals surface area (Å²) in [5, 5.41) is 9.97. The summed E-state index contributed by atoms with van der Waals surface area (Å²) in [7, 11) is 0. The molecule has 3 aliphatic rings. The first-order chi connectivity index (χ1) is 6.34. The fourth-order valence-corrected chi connectivity index (χ4v) is 4.04. The molecule has 1 saturated carbocycles. The first kappa shape index (κ1) is 8.57. The third-order valence-electron chi connectivity index (χ3n) is 3.63. The number of thioether (sulfide) groups is 1. The standard InChI is InChI=1S/C10H17NOS/c12-10-7-3-11(9-1-2-9)4-8(10)6-13-5-7/h7-10,12H,1-6H2. The fraction of sp³-hybridized carbons (Fsp3) is 1.00. The second-order valence-corrected chi connectivity index (χ2v) is 5.81. The summed E-state index contributed by atoms with van der Waals surface area (Å²) >= 11 is 2.04. The molecule has 0 aromatic heterocycles. The zero-order valence-electron chi connectivity index (χ0n) is 7.85. The highest BCUT2D eigenvalue weighted by Gasteiger charge is 2.42. The normalized spacial score (nSPS) is 46.4. The van der Waals surface area contributed by atoms with Crippen molar-refractivity contribution in [3.63, 3.8) is 0 Å². The molecule has 3 fully saturated rings. The zero-order chi connectivity index (χ0) is 8.84. The number of hydrogen-bond acceptors (Lipinski definition) is 3. The van der Waals surface area contributed by atoms with E-state index < -0.39 is 0 Å². The van der Waals surface area contributed by atoms with E-state index in [1.165, 1.54) is 24.3 Å². The van der Waals surface area contributed by atoms with Gasteiger partial charge in [0.05, 0.1) is 6.10 Å². The Bertz CT molecular complexity index is 193. The molecule has 2 heterocycles. The van der Waals surface area contributed by atoms with Crippen LogP contribution in [0.25, 0.3) is 0 Å². The van der Waals surface area contributed by atoms with Gasteiger partial charge in [0.25, 0.3) is 0 Å². The Kier molecular flexibility index (Phi) is 2.07. The molecule has 2 aliphatic heterocycles. The predicted molar refractivity (Wildman–Crippen MR) is 54.9 cm³/mol. The van der Waals surface area contributed by atoms with E-state index in [1.54, 1.807) is 0 Å². The number of piperidine rings is 1. The summed E-state index contributed by atoms with van der Waals surface area (Å²) in [6, 6.07) is 0.889. The van der Waals surface area contributed by atoms with Crippen LogP contribution in [0.5, 0.6) is 0 Å². The monoisotopic (exact) mass is 199 g/mol. The molecule has 0 amide bonds. The largest absolute Gasteiger partial charge is 0.392 e. The van der Waals surface area contributed by atoms with Crippen molar-refractivity contribution in [2.75, 3.05) is 24.6 Å². The van der Waals surface area contributed by atoms with Crippen LogP contribution < -0.4 is 0 Å². The van der Waals surface area contributed by atoms with E-state index in [9.17, 15) is 5.11 Å². The van der Waals surface area contributed by atoms with Crippen LogP contribution in [-0.2, 0) is 0 Å². The minimum absolute atomic E-state index is 0.0104. The molecule has 2 unspecified atom stereocenters. The van der Waals surface area contributed by atoms with Gasteiger partial charge in [-0.25, -0.2) is 0 Å². The number of rotatable bonds is 1. The summed E-state index contributed by atoms with van der Waals surface area (Å²) in [6.45, 7) is 2.32. The van der Waals surface area contributed by atoms with Crippen LogP contribution in [-0.4, -0.2) is 46.7 Å². The quantitative estimate of drug-likeness (QED) is 0.676. The van der Waals surface area contributed by atoms with Gasteiger partial charge in [0.1, 0.15) is 0 Å². The van der Waals surface area contributed by atoms with Crippen LogP contribution in [0.15, 0.2) is 0 Å².